The van der Waals surface area contributed by atoms with Crippen LogP contribution in [0.4, 0.5) is 5.82 Å². The standard InChI is InChI=1S/C24H21N5O2/c1-12-6-11-17(30)13(2)21(12)29-22(25)18(23(26)31)20-24(29)27-16-5-3-4-15(19(16)28-20)10-9-14-7-8-14/h3-6,11,14,30H,7-8,25H2,1-2H3,(H2,26,31). The summed E-state index contributed by atoms with van der Waals surface area (Å²) in [5.74, 6) is 6.47. The van der Waals surface area contributed by atoms with E-state index in [2.05, 4.69) is 11.8 Å². The SMILES string of the molecule is Cc1ccc(O)c(C)c1-n1c(N)c(C(N)=O)c2nc3c(C#CC4CC4)cccc3nc21. The maximum Gasteiger partial charge on any atom is 0.254 e. The van der Waals surface area contributed by atoms with E-state index in [1.54, 1.807) is 23.6 Å². The van der Waals surface area contributed by atoms with Gasteiger partial charge < -0.3 is 16.6 Å². The number of phenols is 1. The van der Waals surface area contributed by atoms with Crippen LogP contribution in [0.5, 0.6) is 5.75 Å². The number of carbonyl (C=O) groups excluding carboxylic acids is 1. The number of nitrogens with two attached hydrogens (primary N) is 2. The Morgan fingerprint density at radius 3 is 2.65 bits per heavy atom. The number of aromatic hydroxyl groups is 1. The number of hydrogen-bond donors (Lipinski definition) is 3. The number of anilines is 1. The highest BCUT2D eigenvalue weighted by Crippen LogP contribution is 2.36. The molecule has 4 aromatic rings. The van der Waals surface area contributed by atoms with E-state index < -0.39 is 5.91 Å². The summed E-state index contributed by atoms with van der Waals surface area (Å²) in [7, 11) is 0. The fourth-order valence-corrected chi connectivity index (χ4v) is 3.89. The maximum absolute atomic E-state index is 12.3. The average Bonchev–Trinajstić information content (AvgIpc) is 3.52. The van der Waals surface area contributed by atoms with Crippen molar-refractivity contribution in [3.63, 3.8) is 0 Å². The van der Waals surface area contributed by atoms with Crippen LogP contribution < -0.4 is 11.5 Å². The minimum absolute atomic E-state index is 0.108. The molecule has 2 aromatic carbocycles. The number of nitrogen functional groups attached to an aromatic ring is 1. The molecule has 0 atom stereocenters. The second kappa shape index (κ2) is 6.74. The number of nitrogens with zero attached hydrogens (tertiary/aromatic N) is 3. The molecule has 0 saturated heterocycles. The molecule has 1 saturated carbocycles. The van der Waals surface area contributed by atoms with Crippen molar-refractivity contribution in [1.82, 2.24) is 14.5 Å². The number of amides is 1. The zero-order chi connectivity index (χ0) is 21.9. The largest absolute Gasteiger partial charge is 0.508 e. The maximum atomic E-state index is 12.3. The highest BCUT2D eigenvalue weighted by atomic mass is 16.3. The van der Waals surface area contributed by atoms with Crippen LogP contribution in [0.1, 0.15) is 39.9 Å². The van der Waals surface area contributed by atoms with Crippen LogP contribution in [0.15, 0.2) is 30.3 Å². The predicted octanol–water partition coefficient (Wildman–Crippen LogP) is 3.34. The number of hydrogen-bond acceptors (Lipinski definition) is 5. The summed E-state index contributed by atoms with van der Waals surface area (Å²) in [5, 5.41) is 10.3. The second-order valence-electron chi connectivity index (χ2n) is 7.95. The van der Waals surface area contributed by atoms with Crippen LogP contribution in [0.2, 0.25) is 0 Å². The first kappa shape index (κ1) is 18.9. The Bertz CT molecular complexity index is 1470. The summed E-state index contributed by atoms with van der Waals surface area (Å²) in [6, 6.07) is 9.04. The molecule has 0 aliphatic heterocycles. The van der Waals surface area contributed by atoms with E-state index in [1.165, 1.54) is 0 Å². The van der Waals surface area contributed by atoms with Crippen LogP contribution in [0.25, 0.3) is 27.9 Å². The van der Waals surface area contributed by atoms with Gasteiger partial charge in [0, 0.05) is 11.5 Å². The molecule has 2 heterocycles. The molecule has 1 fully saturated rings. The lowest BCUT2D eigenvalue weighted by molar-refractivity contribution is 0.100. The minimum Gasteiger partial charge on any atom is -0.508 e. The third-order valence-corrected chi connectivity index (χ3v) is 5.68. The molecule has 0 bridgehead atoms. The molecule has 1 amide bonds. The minimum atomic E-state index is -0.688. The van der Waals surface area contributed by atoms with Gasteiger partial charge in [-0.15, -0.1) is 0 Å². The number of primary amides is 1. The summed E-state index contributed by atoms with van der Waals surface area (Å²) in [6.07, 6.45) is 2.25. The van der Waals surface area contributed by atoms with Crippen LogP contribution in [0.3, 0.4) is 0 Å². The Kier molecular flexibility index (Phi) is 4.12. The van der Waals surface area contributed by atoms with E-state index in [1.807, 2.05) is 25.1 Å². The number of rotatable bonds is 2. The summed E-state index contributed by atoms with van der Waals surface area (Å²) >= 11 is 0. The number of benzene rings is 2. The third-order valence-electron chi connectivity index (χ3n) is 5.68. The number of carbonyl (C=O) groups is 1. The molecule has 1 aliphatic rings. The molecule has 0 spiro atoms. The highest BCUT2D eigenvalue weighted by Gasteiger charge is 2.26. The zero-order valence-electron chi connectivity index (χ0n) is 17.2. The van der Waals surface area contributed by atoms with Crippen molar-refractivity contribution in [3.8, 4) is 23.3 Å². The molecule has 5 rings (SSSR count). The van der Waals surface area contributed by atoms with Crippen LogP contribution in [-0.4, -0.2) is 25.5 Å². The summed E-state index contributed by atoms with van der Waals surface area (Å²) in [5.41, 5.74) is 17.1. The monoisotopic (exact) mass is 411 g/mol. The Morgan fingerprint density at radius 1 is 1.16 bits per heavy atom. The van der Waals surface area contributed by atoms with Crippen molar-refractivity contribution in [3.05, 3.63) is 52.6 Å². The fourth-order valence-electron chi connectivity index (χ4n) is 3.89. The topological polar surface area (TPSA) is 120 Å². The van der Waals surface area contributed by atoms with Crippen LogP contribution >= 0.6 is 0 Å². The van der Waals surface area contributed by atoms with Crippen molar-refractivity contribution in [2.45, 2.75) is 26.7 Å². The van der Waals surface area contributed by atoms with Crippen molar-refractivity contribution in [2.75, 3.05) is 5.73 Å². The van der Waals surface area contributed by atoms with Gasteiger partial charge in [-0.1, -0.05) is 24.0 Å². The van der Waals surface area contributed by atoms with Gasteiger partial charge in [0.2, 0.25) is 0 Å². The normalized spacial score (nSPS) is 13.4. The molecule has 7 heteroatoms. The molecule has 5 N–H and O–H groups in total. The number of para-hydroxylation sites is 1. The fraction of sp³-hybridized carbons (Fsp3) is 0.208. The number of phenolic OH excluding ortho intramolecular Hbond substituents is 1. The van der Waals surface area contributed by atoms with Crippen LogP contribution in [-0.2, 0) is 0 Å². The first-order chi connectivity index (χ1) is 14.9. The lowest BCUT2D eigenvalue weighted by Gasteiger charge is -2.15. The van der Waals surface area contributed by atoms with Gasteiger partial charge in [0.15, 0.2) is 5.65 Å². The van der Waals surface area contributed by atoms with E-state index in [9.17, 15) is 9.90 Å². The molecule has 2 aromatic heterocycles. The first-order valence-corrected chi connectivity index (χ1v) is 10.1. The van der Waals surface area contributed by atoms with E-state index in [0.717, 1.165) is 24.0 Å². The summed E-state index contributed by atoms with van der Waals surface area (Å²) < 4.78 is 1.65. The number of aromatic nitrogens is 3. The molecule has 7 nitrogen and oxygen atoms in total. The molecule has 31 heavy (non-hydrogen) atoms. The molecule has 154 valence electrons. The lowest BCUT2D eigenvalue weighted by Crippen LogP contribution is -2.14. The van der Waals surface area contributed by atoms with E-state index in [0.29, 0.717) is 39.4 Å². The van der Waals surface area contributed by atoms with Crippen molar-refractivity contribution < 1.29 is 9.90 Å². The third kappa shape index (κ3) is 2.96. The van der Waals surface area contributed by atoms with Gasteiger partial charge in [0.05, 0.1) is 16.8 Å². The zero-order valence-corrected chi connectivity index (χ0v) is 17.2. The Balaban J connectivity index is 1.89. The lowest BCUT2D eigenvalue weighted by atomic mass is 10.1. The molecule has 0 unspecified atom stereocenters. The van der Waals surface area contributed by atoms with E-state index in [4.69, 9.17) is 21.4 Å². The van der Waals surface area contributed by atoms with E-state index >= 15 is 0 Å². The average molecular weight is 411 g/mol. The van der Waals surface area contributed by atoms with Gasteiger partial charge >= 0.3 is 0 Å². The second-order valence-corrected chi connectivity index (χ2v) is 7.95. The molecule has 1 aliphatic carbocycles. The molecular formula is C24H21N5O2. The molecule has 0 radical (unpaired) electrons. The van der Waals surface area contributed by atoms with Gasteiger partial charge in [-0.25, -0.2) is 9.97 Å². The van der Waals surface area contributed by atoms with Gasteiger partial charge in [-0.05, 0) is 50.5 Å². The quantitative estimate of drug-likeness (QED) is 0.437. The van der Waals surface area contributed by atoms with Crippen molar-refractivity contribution >= 4 is 33.9 Å². The smallest absolute Gasteiger partial charge is 0.254 e. The van der Waals surface area contributed by atoms with Crippen LogP contribution in [0, 0.1) is 31.6 Å². The number of fused-ring (bicyclic) bond motifs is 2. The Hall–Kier alpha value is -4.05. The van der Waals surface area contributed by atoms with Gasteiger partial charge in [0.1, 0.15) is 28.2 Å². The van der Waals surface area contributed by atoms with E-state index in [-0.39, 0.29) is 17.1 Å². The summed E-state index contributed by atoms with van der Waals surface area (Å²) in [6.45, 7) is 3.68. The molecular weight excluding hydrogens is 390 g/mol. The first-order valence-electron chi connectivity index (χ1n) is 10.1. The summed E-state index contributed by atoms with van der Waals surface area (Å²) in [4.78, 5) is 21.9. The Labute approximate surface area is 178 Å². The van der Waals surface area contributed by atoms with Gasteiger partial charge in [-0.3, -0.25) is 9.36 Å². The van der Waals surface area contributed by atoms with Gasteiger partial charge in [-0.2, -0.15) is 0 Å². The predicted molar refractivity (Wildman–Crippen MR) is 120 cm³/mol. The van der Waals surface area contributed by atoms with Gasteiger partial charge in [0.25, 0.3) is 5.91 Å². The highest BCUT2D eigenvalue weighted by molar-refractivity contribution is 6.11. The number of aryl methyl sites for hydroxylation is 1. The Morgan fingerprint density at radius 2 is 1.94 bits per heavy atom. The van der Waals surface area contributed by atoms with Crippen molar-refractivity contribution in [2.24, 2.45) is 11.7 Å². The van der Waals surface area contributed by atoms with Crippen molar-refractivity contribution in [1.29, 1.82) is 0 Å².